The maximum absolute atomic E-state index is 9.90. The molecule has 16 aromatic rings. The summed E-state index contributed by atoms with van der Waals surface area (Å²) in [5.41, 5.74) is 0. The summed E-state index contributed by atoms with van der Waals surface area (Å²) in [5, 5.41) is 40.2. The van der Waals surface area contributed by atoms with E-state index in [9.17, 15) is 10.2 Å². The van der Waals surface area contributed by atoms with E-state index in [0.29, 0.717) is 98.7 Å². The number of hydrogen-bond acceptors (Lipinski definition) is 8. The van der Waals surface area contributed by atoms with Crippen molar-refractivity contribution in [3.05, 3.63) is 291 Å². The zero-order valence-electron chi connectivity index (χ0n) is 86.3. The molecule has 0 aromatic heterocycles. The summed E-state index contributed by atoms with van der Waals surface area (Å²) in [7, 11) is 7.05. The second-order valence-electron chi connectivity index (χ2n) is 38.8. The summed E-state index contributed by atoms with van der Waals surface area (Å²) in [6.45, 7) is 13.9. The van der Waals surface area contributed by atoms with Crippen LogP contribution in [0.1, 0.15) is 170 Å². The van der Waals surface area contributed by atoms with E-state index in [1.165, 1.54) is 306 Å². The molecular weight excluding hydrogens is 1920 g/mol. The largest absolute Gasteiger partial charge is 0.507 e. The number of methoxy groups -OCH3 is 2. The number of phenolic OH excluding ortho intramolecular Hbond substituents is 2. The Labute approximate surface area is 882 Å². The highest BCUT2D eigenvalue weighted by Gasteiger charge is 2.37. The topological polar surface area (TPSA) is 95.8 Å². The molecule has 8 fully saturated rings. The zero-order chi connectivity index (χ0) is 99.3. The highest BCUT2D eigenvalue weighted by atomic mass is 32.2. The van der Waals surface area contributed by atoms with E-state index in [1.807, 2.05) is 50.2 Å². The maximum atomic E-state index is 9.90. The first-order valence-corrected chi connectivity index (χ1v) is 65.9. The number of fused-ring (bicyclic) bond motifs is 8. The third-order valence-electron chi connectivity index (χ3n) is 28.3. The first kappa shape index (κ1) is 106. The van der Waals surface area contributed by atoms with Gasteiger partial charge in [0.25, 0.3) is 0 Å². The smallest absolute Gasteiger partial charge is 0.162 e. The molecule has 144 heavy (non-hydrogen) atoms. The van der Waals surface area contributed by atoms with Crippen LogP contribution in [0.4, 0.5) is 0 Å². The summed E-state index contributed by atoms with van der Waals surface area (Å²) in [4.78, 5) is 12.2. The lowest BCUT2D eigenvalue weighted by atomic mass is 10.1. The van der Waals surface area contributed by atoms with Gasteiger partial charge in [-0.1, -0.05) is 146 Å². The minimum atomic E-state index is 0.224. The van der Waals surface area contributed by atoms with E-state index in [0.717, 1.165) is 58.5 Å². The fourth-order valence-corrected chi connectivity index (χ4v) is 41.3. The molecule has 16 heteroatoms. The van der Waals surface area contributed by atoms with Crippen molar-refractivity contribution in [2.24, 2.45) is 0 Å². The van der Waals surface area contributed by atoms with E-state index in [-0.39, 0.29) is 12.2 Å². The minimum Gasteiger partial charge on any atom is -0.507 e. The van der Waals surface area contributed by atoms with Gasteiger partial charge in [-0.25, -0.2) is 0 Å². The van der Waals surface area contributed by atoms with Crippen LogP contribution in [0.25, 0.3) is 86.2 Å². The molecule has 0 radical (unpaired) electrons. The first-order chi connectivity index (χ1) is 70.8. The van der Waals surface area contributed by atoms with E-state index in [4.69, 9.17) is 28.4 Å². The van der Waals surface area contributed by atoms with E-state index >= 15 is 0 Å². The fourth-order valence-electron chi connectivity index (χ4n) is 21.3. The molecule has 0 atom stereocenters. The van der Waals surface area contributed by atoms with Gasteiger partial charge in [0, 0.05) is 173 Å². The fraction of sp³-hybridized carbons (Fsp3) is 0.375. The Hall–Kier alpha value is -9.20. The molecule has 0 amide bonds. The average molecular weight is 2080 g/mol. The number of rotatable bonds is 18. The molecule has 8 saturated heterocycles. The van der Waals surface area contributed by atoms with Crippen molar-refractivity contribution < 1.29 is 38.6 Å². The van der Waals surface area contributed by atoms with Gasteiger partial charge < -0.3 is 38.6 Å². The van der Waals surface area contributed by atoms with E-state index in [2.05, 4.69) is 282 Å². The minimum absolute atomic E-state index is 0.224. The van der Waals surface area contributed by atoms with E-state index < -0.39 is 0 Å². The van der Waals surface area contributed by atoms with Crippen molar-refractivity contribution in [3.63, 3.8) is 0 Å². The second kappa shape index (κ2) is 54.1. The quantitative estimate of drug-likeness (QED) is 0.0821. The molecule has 2 N–H and O–H groups in total. The van der Waals surface area contributed by atoms with Crippen LogP contribution in [-0.4, -0.2) is 142 Å². The predicted octanol–water partition coefficient (Wildman–Crippen LogP) is 32.2. The monoisotopic (exact) mass is 2070 g/mol. The van der Waals surface area contributed by atoms with Crippen LogP contribution < -0.4 is 28.4 Å². The molecule has 8 nitrogen and oxygen atoms in total. The first-order valence-electron chi connectivity index (χ1n) is 53.4. The normalized spacial score (nSPS) is 16.7. The molecule has 0 spiro atoms. The molecule has 24 rings (SSSR count). The Morgan fingerprint density at radius 1 is 0.188 bits per heavy atom. The van der Waals surface area contributed by atoms with Gasteiger partial charge in [-0.15, -0.1) is 0 Å². The zero-order valence-corrected chi connectivity index (χ0v) is 92.9. The van der Waals surface area contributed by atoms with Gasteiger partial charge in [0.1, 0.15) is 138 Å². The number of phenols is 2. The summed E-state index contributed by atoms with van der Waals surface area (Å²) < 4.78 is 34.3. The number of benzene rings is 16. The Kier molecular flexibility index (Phi) is 39.9. The summed E-state index contributed by atoms with van der Waals surface area (Å²) >= 11 is 0. The van der Waals surface area contributed by atoms with Gasteiger partial charge in [0.15, 0.2) is 39.2 Å². The van der Waals surface area contributed by atoms with Crippen molar-refractivity contribution in [1.82, 2.24) is 0 Å². The van der Waals surface area contributed by atoms with Gasteiger partial charge >= 0.3 is 0 Å². The number of ether oxygens (including phenoxy) is 6. The van der Waals surface area contributed by atoms with Crippen molar-refractivity contribution in [2.45, 2.75) is 221 Å². The summed E-state index contributed by atoms with van der Waals surface area (Å²) in [5.74, 6) is 28.7. The molecule has 752 valence electrons. The van der Waals surface area contributed by atoms with Crippen molar-refractivity contribution in [3.8, 4) is 46.0 Å². The average Bonchev–Trinajstić information content (AvgIpc) is 1.66. The van der Waals surface area contributed by atoms with Gasteiger partial charge in [-0.3, -0.25) is 0 Å². The van der Waals surface area contributed by atoms with Crippen LogP contribution in [-0.2, 0) is 87.2 Å². The SMILES string of the molecule is CC(C)Oc1ccc([S+]2CCCC2)c2ccccc12.CC(C)Oc1ccc([S+]2CCCCC2)c2ccccc12.CCOc1ccc([S+]2CCCC2)c2ccccc12.CCOc1ccc([S+]2CCCCC2)c2ccccc12.COc1ccc([S+]2CCCC2)c2ccccc12.COc1ccc([S+]2CCCCC2)c2ccccc12.Oc1ccc([S+]2CCCC2)c2ccccc12.Oc1ccc([S+]2CCCCC2)c2ccccc12. The van der Waals surface area contributed by atoms with Gasteiger partial charge in [-0.05, 0) is 316 Å². The van der Waals surface area contributed by atoms with Crippen molar-refractivity contribution >= 4 is 173 Å². The predicted molar refractivity (Wildman–Crippen MR) is 637 cm³/mol. The Morgan fingerprint density at radius 2 is 0.340 bits per heavy atom. The van der Waals surface area contributed by atoms with Crippen LogP contribution in [0, 0.1) is 0 Å². The van der Waals surface area contributed by atoms with Crippen LogP contribution in [0.5, 0.6) is 46.0 Å². The number of hydrogen-bond donors (Lipinski definition) is 2. The standard InChI is InChI=1S/C18H23OS.2C17H21OS.2C16H19OS.C15H17OS.C15H16OS.C14H14OS/c1-14(2)19-17-10-11-18(20-12-6-3-7-13-20)16-9-5-4-8-15(16)17;1-13(2)18-16-9-10-17(19-11-5-6-12-19)15-8-4-3-7-14(15)16;1-2-18-16-10-11-17(19-12-6-3-7-13-19)15-9-5-4-8-14(15)16;1-17-15-9-10-16(18-11-5-2-6-12-18)14-8-4-3-7-13(14)15;1-2-17-15-9-10-16(18-11-5-6-12-18)14-8-4-3-7-13(14)15;1-16-14-8-9-15(17-10-4-5-11-17)13-7-3-2-6-12(13)14;16-14-8-9-15(17-10-4-1-5-11-17)13-7-3-2-6-12(13)14;15-13-7-8-14(16-9-3-4-10-16)12-6-2-1-5-11(12)13/h4-5,8-11,14H,3,6-7,12-13H2,1-2H3;3-4,7-10,13H,5-6,11-12H2,1-2H3;4-5,8-11H,2-3,6-7,12-13H2,1H3;2*3-4,7-10H,2,5-6,11-12H2,1H3;2-3,6-9H,4-5,10-11H2,1H3;2-3,6-9H,1,4-5,10-11H2;1-2,5-8H,3-4,9-10H2/q6*+1;;/p+2. The van der Waals surface area contributed by atoms with Crippen molar-refractivity contribution in [1.29, 1.82) is 0 Å². The van der Waals surface area contributed by atoms with Gasteiger partial charge in [-0.2, -0.15) is 0 Å². The van der Waals surface area contributed by atoms with Gasteiger partial charge in [0.05, 0.1) is 39.6 Å². The molecular formula is C128H152O8S8+8. The second-order valence-corrected chi connectivity index (χ2v) is 56.7. The van der Waals surface area contributed by atoms with Crippen LogP contribution in [0.15, 0.2) is 330 Å². The number of aromatic hydroxyl groups is 2. The summed E-state index contributed by atoms with van der Waals surface area (Å²) in [6.07, 6.45) is 28.2. The molecule has 0 aliphatic carbocycles. The highest BCUT2D eigenvalue weighted by Crippen LogP contribution is 2.44. The third-order valence-corrected chi connectivity index (χ3v) is 48.6. The lowest BCUT2D eigenvalue weighted by Crippen LogP contribution is -2.18. The van der Waals surface area contributed by atoms with Crippen LogP contribution in [0.2, 0.25) is 0 Å². The van der Waals surface area contributed by atoms with Gasteiger partial charge in [0.2, 0.25) is 0 Å². The third kappa shape index (κ3) is 26.9. The molecule has 0 unspecified atom stereocenters. The highest BCUT2D eigenvalue weighted by molar-refractivity contribution is 7.99. The molecule has 8 heterocycles. The van der Waals surface area contributed by atoms with Crippen LogP contribution in [0.3, 0.4) is 0 Å². The molecule has 0 saturated carbocycles. The molecule has 16 aromatic carbocycles. The van der Waals surface area contributed by atoms with Crippen molar-refractivity contribution in [2.75, 3.05) is 119 Å². The van der Waals surface area contributed by atoms with E-state index in [1.54, 1.807) is 43.6 Å². The maximum Gasteiger partial charge on any atom is 0.162 e. The van der Waals surface area contributed by atoms with Crippen LogP contribution >= 0.6 is 0 Å². The lowest BCUT2D eigenvalue weighted by Gasteiger charge is -2.17. The molecule has 8 aliphatic rings. The Morgan fingerprint density at radius 3 is 0.535 bits per heavy atom. The molecule has 0 bridgehead atoms. The molecule has 8 aliphatic heterocycles. The Balaban J connectivity index is 0.000000113. The Bertz CT molecular complexity index is 6820. The lowest BCUT2D eigenvalue weighted by molar-refractivity contribution is 0.245. The summed E-state index contributed by atoms with van der Waals surface area (Å²) in [6, 6.07) is 103.